The number of hydrogen-bond donors (Lipinski definition) is 1. The number of amides is 2. The zero-order valence-corrected chi connectivity index (χ0v) is 16.5. The van der Waals surface area contributed by atoms with Gasteiger partial charge in [0.2, 0.25) is 0 Å². The van der Waals surface area contributed by atoms with Crippen LogP contribution in [0.4, 0.5) is 9.59 Å². The Bertz CT molecular complexity index is 501. The van der Waals surface area contributed by atoms with Crippen molar-refractivity contribution in [1.82, 2.24) is 15.1 Å². The Kier molecular flexibility index (Phi) is 5.56. The molecule has 7 nitrogen and oxygen atoms in total. The SMILES string of the molecule is CC(C)(C)OC(=O)N1CCN(C(=O)OC(C)(C)C)C2(CCCNC2)C1. The Morgan fingerprint density at radius 3 is 2.08 bits per heavy atom. The molecule has 2 heterocycles. The van der Waals surface area contributed by atoms with Gasteiger partial charge in [0.05, 0.1) is 5.54 Å². The lowest BCUT2D eigenvalue weighted by Crippen LogP contribution is -2.70. The van der Waals surface area contributed by atoms with Gasteiger partial charge in [-0.3, -0.25) is 4.90 Å². The molecule has 2 amide bonds. The van der Waals surface area contributed by atoms with Gasteiger partial charge in [0.25, 0.3) is 0 Å². The van der Waals surface area contributed by atoms with Crippen LogP contribution in [0.2, 0.25) is 0 Å². The van der Waals surface area contributed by atoms with Gasteiger partial charge in [-0.05, 0) is 60.9 Å². The molecule has 2 aliphatic rings. The van der Waals surface area contributed by atoms with Crippen molar-refractivity contribution >= 4 is 12.2 Å². The summed E-state index contributed by atoms with van der Waals surface area (Å²) in [5.74, 6) is 0. The molecule has 1 N–H and O–H groups in total. The maximum Gasteiger partial charge on any atom is 0.410 e. The molecule has 144 valence electrons. The first-order chi connectivity index (χ1) is 11.4. The van der Waals surface area contributed by atoms with E-state index >= 15 is 0 Å². The molecule has 0 aromatic rings. The fourth-order valence-corrected chi connectivity index (χ4v) is 3.38. The molecular weight excluding hydrogens is 322 g/mol. The third-order valence-corrected chi connectivity index (χ3v) is 4.37. The van der Waals surface area contributed by atoms with E-state index in [0.717, 1.165) is 19.4 Å². The van der Waals surface area contributed by atoms with Crippen LogP contribution in [0.1, 0.15) is 54.4 Å². The van der Waals surface area contributed by atoms with Gasteiger partial charge in [-0.15, -0.1) is 0 Å². The maximum atomic E-state index is 12.7. The van der Waals surface area contributed by atoms with Crippen molar-refractivity contribution in [2.45, 2.75) is 71.1 Å². The highest BCUT2D eigenvalue weighted by molar-refractivity contribution is 5.72. The minimum Gasteiger partial charge on any atom is -0.444 e. The van der Waals surface area contributed by atoms with E-state index in [4.69, 9.17) is 9.47 Å². The van der Waals surface area contributed by atoms with Gasteiger partial charge in [0.15, 0.2) is 0 Å². The predicted octanol–water partition coefficient (Wildman–Crippen LogP) is 2.60. The molecule has 25 heavy (non-hydrogen) atoms. The van der Waals surface area contributed by atoms with Crippen molar-refractivity contribution in [2.75, 3.05) is 32.7 Å². The van der Waals surface area contributed by atoms with Crippen molar-refractivity contribution in [3.63, 3.8) is 0 Å². The smallest absolute Gasteiger partial charge is 0.410 e. The second-order valence-electron chi connectivity index (χ2n) is 9.04. The van der Waals surface area contributed by atoms with Crippen LogP contribution in [0.3, 0.4) is 0 Å². The molecule has 1 unspecified atom stereocenters. The van der Waals surface area contributed by atoms with E-state index in [9.17, 15) is 9.59 Å². The minimum atomic E-state index is -0.539. The second kappa shape index (κ2) is 7.02. The van der Waals surface area contributed by atoms with E-state index in [0.29, 0.717) is 26.2 Å². The summed E-state index contributed by atoms with van der Waals surface area (Å²) in [6.45, 7) is 14.1. The summed E-state index contributed by atoms with van der Waals surface area (Å²) >= 11 is 0. The lowest BCUT2D eigenvalue weighted by Gasteiger charge is -2.52. The van der Waals surface area contributed by atoms with Crippen LogP contribution in [0, 0.1) is 0 Å². The van der Waals surface area contributed by atoms with Gasteiger partial charge < -0.3 is 19.7 Å². The summed E-state index contributed by atoms with van der Waals surface area (Å²) in [4.78, 5) is 28.8. The molecule has 1 atom stereocenters. The number of piperazine rings is 1. The molecule has 0 aromatic carbocycles. The van der Waals surface area contributed by atoms with Crippen LogP contribution in [0.25, 0.3) is 0 Å². The summed E-state index contributed by atoms with van der Waals surface area (Å²) in [6, 6.07) is 0. The number of carbonyl (C=O) groups is 2. The standard InChI is InChI=1S/C18H33N3O4/c1-16(2,3)24-14(22)20-10-11-21(15(23)25-17(4,5)6)18(13-20)8-7-9-19-12-18/h19H,7-13H2,1-6H3. The van der Waals surface area contributed by atoms with Gasteiger partial charge in [0.1, 0.15) is 11.2 Å². The number of ether oxygens (including phenoxy) is 2. The molecule has 2 saturated heterocycles. The largest absolute Gasteiger partial charge is 0.444 e. The average molecular weight is 355 g/mol. The summed E-state index contributed by atoms with van der Waals surface area (Å²) in [5, 5.41) is 3.37. The molecule has 2 aliphatic heterocycles. The fourth-order valence-electron chi connectivity index (χ4n) is 3.38. The van der Waals surface area contributed by atoms with E-state index in [2.05, 4.69) is 5.32 Å². The van der Waals surface area contributed by atoms with Crippen LogP contribution < -0.4 is 5.32 Å². The molecule has 2 rings (SSSR count). The van der Waals surface area contributed by atoms with Crippen LogP contribution in [0.5, 0.6) is 0 Å². The van der Waals surface area contributed by atoms with Crippen LogP contribution >= 0.6 is 0 Å². The van der Waals surface area contributed by atoms with E-state index in [1.807, 2.05) is 46.4 Å². The van der Waals surface area contributed by atoms with Crippen molar-refractivity contribution in [3.8, 4) is 0 Å². The monoisotopic (exact) mass is 355 g/mol. The molecular formula is C18H33N3O4. The summed E-state index contributed by atoms with van der Waals surface area (Å²) < 4.78 is 11.1. The third kappa shape index (κ3) is 5.23. The Morgan fingerprint density at radius 2 is 1.56 bits per heavy atom. The summed E-state index contributed by atoms with van der Waals surface area (Å²) in [7, 11) is 0. The van der Waals surface area contributed by atoms with Crippen LogP contribution in [-0.4, -0.2) is 71.5 Å². The topological polar surface area (TPSA) is 71.1 Å². The van der Waals surface area contributed by atoms with E-state index in [1.165, 1.54) is 0 Å². The number of nitrogens with one attached hydrogen (secondary N) is 1. The van der Waals surface area contributed by atoms with Gasteiger partial charge in [0, 0.05) is 26.2 Å². The molecule has 7 heteroatoms. The van der Waals surface area contributed by atoms with Gasteiger partial charge in [-0.25, -0.2) is 9.59 Å². The minimum absolute atomic E-state index is 0.306. The van der Waals surface area contributed by atoms with Crippen molar-refractivity contribution in [3.05, 3.63) is 0 Å². The number of piperidine rings is 1. The molecule has 0 bridgehead atoms. The first-order valence-corrected chi connectivity index (χ1v) is 9.11. The Hall–Kier alpha value is -1.50. The predicted molar refractivity (Wildman–Crippen MR) is 95.6 cm³/mol. The zero-order valence-electron chi connectivity index (χ0n) is 16.5. The molecule has 0 aromatic heterocycles. The highest BCUT2D eigenvalue weighted by Crippen LogP contribution is 2.31. The third-order valence-electron chi connectivity index (χ3n) is 4.37. The lowest BCUT2D eigenvalue weighted by atomic mass is 9.86. The number of hydrogen-bond acceptors (Lipinski definition) is 5. The van der Waals surface area contributed by atoms with E-state index < -0.39 is 16.7 Å². The highest BCUT2D eigenvalue weighted by atomic mass is 16.6. The first kappa shape index (κ1) is 19.8. The van der Waals surface area contributed by atoms with Crippen LogP contribution in [0.15, 0.2) is 0 Å². The fraction of sp³-hybridized carbons (Fsp3) is 0.889. The van der Waals surface area contributed by atoms with Gasteiger partial charge in [-0.1, -0.05) is 0 Å². The van der Waals surface area contributed by atoms with Gasteiger partial charge >= 0.3 is 12.2 Å². The molecule has 0 radical (unpaired) electrons. The summed E-state index contributed by atoms with van der Waals surface area (Å²) in [5.41, 5.74) is -1.50. The second-order valence-corrected chi connectivity index (χ2v) is 9.04. The number of rotatable bonds is 0. The Labute approximate surface area is 151 Å². The van der Waals surface area contributed by atoms with Crippen LogP contribution in [-0.2, 0) is 9.47 Å². The molecule has 0 saturated carbocycles. The van der Waals surface area contributed by atoms with Crippen molar-refractivity contribution in [2.24, 2.45) is 0 Å². The first-order valence-electron chi connectivity index (χ1n) is 9.11. The van der Waals surface area contributed by atoms with Crippen molar-refractivity contribution < 1.29 is 19.1 Å². The van der Waals surface area contributed by atoms with Crippen molar-refractivity contribution in [1.29, 1.82) is 0 Å². The normalized spacial score (nSPS) is 25.0. The quantitative estimate of drug-likeness (QED) is 0.723. The van der Waals surface area contributed by atoms with Gasteiger partial charge in [-0.2, -0.15) is 0 Å². The Balaban J connectivity index is 2.16. The molecule has 1 spiro atoms. The van der Waals surface area contributed by atoms with E-state index in [-0.39, 0.29) is 12.2 Å². The molecule has 2 fully saturated rings. The van der Waals surface area contributed by atoms with E-state index in [1.54, 1.807) is 4.90 Å². The maximum absolute atomic E-state index is 12.7. The summed E-state index contributed by atoms with van der Waals surface area (Å²) in [6.07, 6.45) is 1.18. The average Bonchev–Trinajstić information content (AvgIpc) is 2.44. The molecule has 0 aliphatic carbocycles. The zero-order chi connectivity index (χ0) is 18.9. The number of nitrogens with zero attached hydrogens (tertiary/aromatic N) is 2. The Morgan fingerprint density at radius 1 is 0.960 bits per heavy atom. The highest BCUT2D eigenvalue weighted by Gasteiger charge is 2.47. The lowest BCUT2D eigenvalue weighted by molar-refractivity contribution is -0.0491. The number of carbonyl (C=O) groups excluding carboxylic acids is 2.